The van der Waals surface area contributed by atoms with Crippen molar-refractivity contribution in [3.05, 3.63) is 59.4 Å². The molecule has 0 aliphatic heterocycles. The fourth-order valence-corrected chi connectivity index (χ4v) is 2.88. The highest BCUT2D eigenvalue weighted by molar-refractivity contribution is 5.74. The summed E-state index contributed by atoms with van der Waals surface area (Å²) in [6.07, 6.45) is 1.46. The molecule has 0 bridgehead atoms. The molecular formula is C20H25N2O2+. The van der Waals surface area contributed by atoms with Crippen LogP contribution in [0.2, 0.25) is 0 Å². The molecule has 126 valence electrons. The molecule has 3 rings (SSSR count). The lowest BCUT2D eigenvalue weighted by molar-refractivity contribution is -0.645. The van der Waals surface area contributed by atoms with Gasteiger partial charge >= 0.3 is 0 Å². The number of aliphatic hydroxyl groups excluding tert-OH is 1. The number of rotatable bonds is 5. The average Bonchev–Trinajstić information content (AvgIpc) is 2.83. The van der Waals surface area contributed by atoms with Gasteiger partial charge in [0.1, 0.15) is 25.0 Å². The fraction of sp³-hybridized carbons (Fsp3) is 0.350. The van der Waals surface area contributed by atoms with E-state index in [1.807, 2.05) is 44.6 Å². The monoisotopic (exact) mass is 325 g/mol. The van der Waals surface area contributed by atoms with E-state index in [2.05, 4.69) is 35.1 Å². The molecule has 0 aliphatic carbocycles. The van der Waals surface area contributed by atoms with Crippen molar-refractivity contribution in [1.82, 2.24) is 4.57 Å². The molecule has 0 spiro atoms. The Bertz CT molecular complexity index is 850. The highest BCUT2D eigenvalue weighted by Crippen LogP contribution is 2.18. The van der Waals surface area contributed by atoms with Crippen LogP contribution in [0.25, 0.3) is 11.0 Å². The summed E-state index contributed by atoms with van der Waals surface area (Å²) in [5.41, 5.74) is 6.03. The molecule has 0 fully saturated rings. The largest absolute Gasteiger partial charge is 0.491 e. The van der Waals surface area contributed by atoms with Gasteiger partial charge in [0.25, 0.3) is 0 Å². The van der Waals surface area contributed by atoms with E-state index < -0.39 is 6.10 Å². The highest BCUT2D eigenvalue weighted by atomic mass is 16.5. The first kappa shape index (κ1) is 16.5. The van der Waals surface area contributed by atoms with Gasteiger partial charge in [0, 0.05) is 0 Å². The van der Waals surface area contributed by atoms with Crippen LogP contribution in [0.4, 0.5) is 0 Å². The SMILES string of the molecule is Cc1ccc(OCC(O)Cn2c[n+](C)c3cc(C)c(C)cc32)cc1. The molecule has 1 aromatic heterocycles. The van der Waals surface area contributed by atoms with Crippen LogP contribution in [0.1, 0.15) is 16.7 Å². The topological polar surface area (TPSA) is 38.3 Å². The van der Waals surface area contributed by atoms with Crippen molar-refractivity contribution in [1.29, 1.82) is 0 Å². The Balaban J connectivity index is 1.72. The van der Waals surface area contributed by atoms with Gasteiger partial charge in [-0.15, -0.1) is 0 Å². The number of hydrogen-bond acceptors (Lipinski definition) is 2. The van der Waals surface area contributed by atoms with Crippen LogP contribution in [-0.2, 0) is 13.6 Å². The first-order chi connectivity index (χ1) is 11.4. The summed E-state index contributed by atoms with van der Waals surface area (Å²) in [4.78, 5) is 0. The zero-order valence-corrected chi connectivity index (χ0v) is 14.8. The summed E-state index contributed by atoms with van der Waals surface area (Å²) in [5, 5.41) is 10.4. The second kappa shape index (κ2) is 6.65. The molecule has 1 atom stereocenters. The van der Waals surface area contributed by atoms with Gasteiger partial charge in [0.2, 0.25) is 6.33 Å². The molecule has 4 heteroatoms. The number of aromatic nitrogens is 2. The molecular weight excluding hydrogens is 300 g/mol. The number of aliphatic hydroxyl groups is 1. The van der Waals surface area contributed by atoms with Crippen LogP contribution in [-0.4, -0.2) is 22.4 Å². The normalized spacial score (nSPS) is 12.5. The Hall–Kier alpha value is -2.33. The van der Waals surface area contributed by atoms with Crippen molar-refractivity contribution in [3.63, 3.8) is 0 Å². The minimum Gasteiger partial charge on any atom is -0.491 e. The Kier molecular flexibility index (Phi) is 4.58. The lowest BCUT2D eigenvalue weighted by atomic mass is 10.1. The lowest BCUT2D eigenvalue weighted by Crippen LogP contribution is -2.27. The minimum atomic E-state index is -0.566. The highest BCUT2D eigenvalue weighted by Gasteiger charge is 2.18. The third-order valence-electron chi connectivity index (χ3n) is 4.46. The van der Waals surface area contributed by atoms with E-state index in [-0.39, 0.29) is 6.61 Å². The number of benzene rings is 2. The van der Waals surface area contributed by atoms with E-state index in [4.69, 9.17) is 4.74 Å². The van der Waals surface area contributed by atoms with Crippen LogP contribution in [0.5, 0.6) is 5.75 Å². The predicted octanol–water partition coefficient (Wildman–Crippen LogP) is 2.83. The van der Waals surface area contributed by atoms with Crippen molar-refractivity contribution in [2.45, 2.75) is 33.4 Å². The summed E-state index contributed by atoms with van der Waals surface area (Å²) in [5.74, 6) is 0.786. The molecule has 1 heterocycles. The molecule has 1 unspecified atom stereocenters. The van der Waals surface area contributed by atoms with Crippen LogP contribution in [0.3, 0.4) is 0 Å². The van der Waals surface area contributed by atoms with Gasteiger partial charge in [0.15, 0.2) is 11.0 Å². The molecule has 0 amide bonds. The second-order valence-electron chi connectivity index (χ2n) is 6.58. The molecule has 0 saturated carbocycles. The van der Waals surface area contributed by atoms with E-state index in [1.54, 1.807) is 0 Å². The van der Waals surface area contributed by atoms with E-state index in [0.717, 1.165) is 11.3 Å². The van der Waals surface area contributed by atoms with Crippen molar-refractivity contribution in [2.24, 2.45) is 7.05 Å². The summed E-state index contributed by atoms with van der Waals surface area (Å²) < 4.78 is 9.87. The third-order valence-corrected chi connectivity index (χ3v) is 4.46. The average molecular weight is 325 g/mol. The van der Waals surface area contributed by atoms with Crippen molar-refractivity contribution in [2.75, 3.05) is 6.61 Å². The molecule has 24 heavy (non-hydrogen) atoms. The quantitative estimate of drug-likeness (QED) is 0.733. The number of imidazole rings is 1. The molecule has 0 aliphatic rings. The number of fused-ring (bicyclic) bond motifs is 1. The molecule has 1 N–H and O–H groups in total. The zero-order chi connectivity index (χ0) is 17.3. The van der Waals surface area contributed by atoms with E-state index in [9.17, 15) is 5.11 Å². The van der Waals surface area contributed by atoms with Gasteiger partial charge in [-0.25, -0.2) is 9.13 Å². The van der Waals surface area contributed by atoms with Gasteiger partial charge in [-0.2, -0.15) is 0 Å². The van der Waals surface area contributed by atoms with Crippen molar-refractivity contribution >= 4 is 11.0 Å². The van der Waals surface area contributed by atoms with Crippen LogP contribution >= 0.6 is 0 Å². The van der Waals surface area contributed by atoms with Gasteiger partial charge in [-0.3, -0.25) is 0 Å². The first-order valence-corrected chi connectivity index (χ1v) is 8.27. The first-order valence-electron chi connectivity index (χ1n) is 8.27. The second-order valence-corrected chi connectivity index (χ2v) is 6.58. The fourth-order valence-electron chi connectivity index (χ4n) is 2.88. The predicted molar refractivity (Wildman–Crippen MR) is 95.3 cm³/mol. The lowest BCUT2D eigenvalue weighted by Gasteiger charge is -2.11. The van der Waals surface area contributed by atoms with E-state index >= 15 is 0 Å². The van der Waals surface area contributed by atoms with E-state index in [0.29, 0.717) is 6.54 Å². The van der Waals surface area contributed by atoms with Crippen molar-refractivity contribution < 1.29 is 14.4 Å². The van der Waals surface area contributed by atoms with Crippen LogP contribution in [0, 0.1) is 20.8 Å². The smallest absolute Gasteiger partial charge is 0.244 e. The Morgan fingerprint density at radius 3 is 2.46 bits per heavy atom. The zero-order valence-electron chi connectivity index (χ0n) is 14.8. The molecule has 3 aromatic rings. The molecule has 0 saturated heterocycles. The number of ether oxygens (including phenoxy) is 1. The number of hydrogen-bond donors (Lipinski definition) is 1. The number of nitrogens with zero attached hydrogens (tertiary/aromatic N) is 2. The van der Waals surface area contributed by atoms with E-state index in [1.165, 1.54) is 22.2 Å². The number of aryl methyl sites for hydroxylation is 4. The van der Waals surface area contributed by atoms with Gasteiger partial charge in [0.05, 0.1) is 7.05 Å². The van der Waals surface area contributed by atoms with Gasteiger partial charge in [-0.05, 0) is 56.2 Å². The summed E-state index contributed by atoms with van der Waals surface area (Å²) in [6.45, 7) is 7.06. The molecule has 2 aromatic carbocycles. The standard InChI is InChI=1S/C20H25N2O2/c1-14-5-7-18(8-6-14)24-12-17(23)11-22-13-21(4)19-9-15(2)16(3)10-20(19)22/h5-10,13,17,23H,11-12H2,1-4H3/q+1. The maximum atomic E-state index is 10.4. The minimum absolute atomic E-state index is 0.275. The van der Waals surface area contributed by atoms with Crippen LogP contribution < -0.4 is 9.30 Å². The Morgan fingerprint density at radius 2 is 1.75 bits per heavy atom. The Morgan fingerprint density at radius 1 is 1.08 bits per heavy atom. The summed E-state index contributed by atoms with van der Waals surface area (Å²) >= 11 is 0. The summed E-state index contributed by atoms with van der Waals surface area (Å²) in [7, 11) is 2.03. The summed E-state index contributed by atoms with van der Waals surface area (Å²) in [6, 6.07) is 12.2. The third kappa shape index (κ3) is 3.44. The van der Waals surface area contributed by atoms with Gasteiger partial charge in [-0.1, -0.05) is 17.7 Å². The van der Waals surface area contributed by atoms with Crippen molar-refractivity contribution in [3.8, 4) is 5.75 Å². The molecule has 0 radical (unpaired) electrons. The maximum absolute atomic E-state index is 10.4. The Labute approximate surface area is 142 Å². The van der Waals surface area contributed by atoms with Crippen LogP contribution in [0.15, 0.2) is 42.7 Å². The van der Waals surface area contributed by atoms with Gasteiger partial charge < -0.3 is 9.84 Å². The maximum Gasteiger partial charge on any atom is 0.244 e. The molecule has 4 nitrogen and oxygen atoms in total.